The number of rotatable bonds is 3. The van der Waals surface area contributed by atoms with E-state index in [9.17, 15) is 18.0 Å². The Labute approximate surface area is 121 Å². The molecule has 1 atom stereocenters. The fourth-order valence-corrected chi connectivity index (χ4v) is 1.65. The molecule has 4 nitrogen and oxygen atoms in total. The number of nitrogens with two attached hydrogens (primary N) is 1. The van der Waals surface area contributed by atoms with Gasteiger partial charge in [0.1, 0.15) is 11.4 Å². The van der Waals surface area contributed by atoms with Crippen LogP contribution in [-0.4, -0.2) is 11.7 Å². The molecule has 0 unspecified atom stereocenters. The second-order valence-corrected chi connectivity index (χ2v) is 5.68. The number of alkyl halides is 2. The summed E-state index contributed by atoms with van der Waals surface area (Å²) in [7, 11) is 0. The van der Waals surface area contributed by atoms with E-state index in [-0.39, 0.29) is 11.3 Å². The molecule has 118 valence electrons. The maximum atomic E-state index is 13.9. The van der Waals surface area contributed by atoms with Crippen LogP contribution in [-0.2, 0) is 4.74 Å². The number of carbonyl (C=O) groups excluding carboxylic acids is 1. The van der Waals surface area contributed by atoms with E-state index in [4.69, 9.17) is 10.5 Å². The van der Waals surface area contributed by atoms with Gasteiger partial charge in [-0.1, -0.05) is 0 Å². The molecule has 0 aliphatic rings. The van der Waals surface area contributed by atoms with Crippen molar-refractivity contribution >= 4 is 11.8 Å². The Morgan fingerprint density at radius 1 is 1.29 bits per heavy atom. The molecule has 21 heavy (non-hydrogen) atoms. The van der Waals surface area contributed by atoms with Gasteiger partial charge in [0.2, 0.25) is 0 Å². The Bertz CT molecular complexity index is 496. The number of ether oxygens (including phenoxy) is 1. The first-order valence-electron chi connectivity index (χ1n) is 6.38. The Hall–Kier alpha value is -1.76. The molecular formula is C14H19F3N2O2. The van der Waals surface area contributed by atoms with Gasteiger partial charge in [-0.25, -0.2) is 18.0 Å². The average Bonchev–Trinajstić information content (AvgIpc) is 2.27. The lowest BCUT2D eigenvalue weighted by Crippen LogP contribution is -2.27. The van der Waals surface area contributed by atoms with Gasteiger partial charge >= 0.3 is 6.09 Å². The normalized spacial score (nSPS) is 13.2. The van der Waals surface area contributed by atoms with E-state index < -0.39 is 35.5 Å². The molecule has 0 radical (unpaired) electrons. The Kier molecular flexibility index (Phi) is 5.22. The van der Waals surface area contributed by atoms with Gasteiger partial charge in [-0.2, -0.15) is 0 Å². The van der Waals surface area contributed by atoms with Crippen LogP contribution in [0, 0.1) is 5.82 Å². The third-order valence-corrected chi connectivity index (χ3v) is 2.50. The second-order valence-electron chi connectivity index (χ2n) is 5.68. The lowest BCUT2D eigenvalue weighted by Gasteiger charge is -2.20. The minimum Gasteiger partial charge on any atom is -0.444 e. The molecule has 1 aromatic rings. The van der Waals surface area contributed by atoms with Crippen molar-refractivity contribution in [3.05, 3.63) is 29.1 Å². The van der Waals surface area contributed by atoms with Crippen molar-refractivity contribution in [2.45, 2.75) is 45.8 Å². The number of benzene rings is 1. The van der Waals surface area contributed by atoms with Gasteiger partial charge in [-0.15, -0.1) is 0 Å². The third kappa shape index (κ3) is 4.93. The number of hydrogen-bond acceptors (Lipinski definition) is 3. The maximum Gasteiger partial charge on any atom is 0.412 e. The van der Waals surface area contributed by atoms with E-state index in [0.717, 1.165) is 6.07 Å². The van der Waals surface area contributed by atoms with Crippen LogP contribution in [0.4, 0.5) is 23.7 Å². The molecule has 0 spiro atoms. The summed E-state index contributed by atoms with van der Waals surface area (Å²) < 4.78 is 44.5. The van der Waals surface area contributed by atoms with Gasteiger partial charge < -0.3 is 10.5 Å². The highest BCUT2D eigenvalue weighted by Crippen LogP contribution is 2.30. The topological polar surface area (TPSA) is 64.3 Å². The fourth-order valence-electron chi connectivity index (χ4n) is 1.65. The molecule has 1 amide bonds. The van der Waals surface area contributed by atoms with Crippen molar-refractivity contribution < 1.29 is 22.7 Å². The first-order chi connectivity index (χ1) is 9.51. The highest BCUT2D eigenvalue weighted by Gasteiger charge is 2.22. The van der Waals surface area contributed by atoms with Crippen LogP contribution in [0.15, 0.2) is 12.1 Å². The van der Waals surface area contributed by atoms with E-state index in [1.54, 1.807) is 20.8 Å². The molecule has 0 bridgehead atoms. The smallest absolute Gasteiger partial charge is 0.412 e. The van der Waals surface area contributed by atoms with Gasteiger partial charge in [-0.05, 0) is 39.8 Å². The van der Waals surface area contributed by atoms with Crippen LogP contribution in [0.1, 0.15) is 51.3 Å². The average molecular weight is 304 g/mol. The van der Waals surface area contributed by atoms with Crippen LogP contribution in [0.5, 0.6) is 0 Å². The predicted molar refractivity (Wildman–Crippen MR) is 73.8 cm³/mol. The molecular weight excluding hydrogens is 285 g/mol. The minimum atomic E-state index is -3.01. The highest BCUT2D eigenvalue weighted by molar-refractivity contribution is 5.85. The molecule has 0 heterocycles. The fraction of sp³-hybridized carbons (Fsp3) is 0.500. The summed E-state index contributed by atoms with van der Waals surface area (Å²) in [6, 6.07) is 1.30. The molecule has 3 N–H and O–H groups in total. The first kappa shape index (κ1) is 17.3. The second kappa shape index (κ2) is 6.34. The summed E-state index contributed by atoms with van der Waals surface area (Å²) in [5, 5.41) is 2.30. The van der Waals surface area contributed by atoms with Crippen LogP contribution in [0.2, 0.25) is 0 Å². The first-order valence-corrected chi connectivity index (χ1v) is 6.38. The zero-order valence-electron chi connectivity index (χ0n) is 12.3. The lowest BCUT2D eigenvalue weighted by molar-refractivity contribution is 0.0635. The summed E-state index contributed by atoms with van der Waals surface area (Å²) in [6.45, 7) is 6.45. The molecule has 0 saturated carbocycles. The quantitative estimate of drug-likeness (QED) is 0.882. The van der Waals surface area contributed by atoms with Gasteiger partial charge in [0.25, 0.3) is 6.43 Å². The van der Waals surface area contributed by atoms with Gasteiger partial charge in [0.15, 0.2) is 0 Å². The number of hydrogen-bond donors (Lipinski definition) is 2. The van der Waals surface area contributed by atoms with Crippen LogP contribution < -0.4 is 11.1 Å². The maximum absolute atomic E-state index is 13.9. The van der Waals surface area contributed by atoms with E-state index >= 15 is 0 Å². The van der Waals surface area contributed by atoms with Crippen molar-refractivity contribution in [2.75, 3.05) is 5.32 Å². The summed E-state index contributed by atoms with van der Waals surface area (Å²) in [4.78, 5) is 11.6. The highest BCUT2D eigenvalue weighted by atomic mass is 19.3. The van der Waals surface area contributed by atoms with Crippen LogP contribution in [0.25, 0.3) is 0 Å². The Morgan fingerprint density at radius 2 is 1.81 bits per heavy atom. The Balaban J connectivity index is 3.11. The van der Waals surface area contributed by atoms with Crippen molar-refractivity contribution in [3.63, 3.8) is 0 Å². The van der Waals surface area contributed by atoms with Gasteiger partial charge in [-0.3, -0.25) is 5.32 Å². The zero-order valence-corrected chi connectivity index (χ0v) is 12.3. The molecule has 1 aromatic carbocycles. The SMILES string of the molecule is C[C@@H](N)c1cc(NC(=O)OC(C)(C)C)cc(C(F)F)c1F. The van der Waals surface area contributed by atoms with Crippen molar-refractivity contribution in [2.24, 2.45) is 5.73 Å². The van der Waals surface area contributed by atoms with E-state index in [2.05, 4.69) is 5.32 Å². The summed E-state index contributed by atoms with van der Waals surface area (Å²) in [5.74, 6) is -1.06. The molecule has 0 aliphatic carbocycles. The lowest BCUT2D eigenvalue weighted by atomic mass is 10.0. The molecule has 0 saturated heterocycles. The van der Waals surface area contributed by atoms with Crippen molar-refractivity contribution in [3.8, 4) is 0 Å². The largest absolute Gasteiger partial charge is 0.444 e. The van der Waals surface area contributed by atoms with Crippen LogP contribution in [0.3, 0.4) is 0 Å². The van der Waals surface area contributed by atoms with Crippen molar-refractivity contribution in [1.82, 2.24) is 0 Å². The van der Waals surface area contributed by atoms with E-state index in [0.29, 0.717) is 0 Å². The minimum absolute atomic E-state index is 0.00764. The molecule has 7 heteroatoms. The zero-order chi connectivity index (χ0) is 16.4. The molecule has 0 aliphatic heterocycles. The van der Waals surface area contributed by atoms with E-state index in [1.165, 1.54) is 13.0 Å². The predicted octanol–water partition coefficient (Wildman–Crippen LogP) is 4.13. The molecule has 0 fully saturated rings. The standard InChI is InChI=1S/C14H19F3N2O2/c1-7(18)9-5-8(6-10(11(9)15)12(16)17)19-13(20)21-14(2,3)4/h5-7,12H,18H2,1-4H3,(H,19,20)/t7-/m1/s1. The Morgan fingerprint density at radius 3 is 2.24 bits per heavy atom. The summed E-state index contributed by atoms with van der Waals surface area (Å²) in [5.41, 5.74) is 3.92. The van der Waals surface area contributed by atoms with Gasteiger partial charge in [0, 0.05) is 17.3 Å². The monoisotopic (exact) mass is 304 g/mol. The van der Waals surface area contributed by atoms with Crippen LogP contribution >= 0.6 is 0 Å². The number of halogens is 3. The summed E-state index contributed by atoms with van der Waals surface area (Å²) in [6.07, 6.45) is -3.83. The molecule has 0 aromatic heterocycles. The number of nitrogens with one attached hydrogen (secondary N) is 1. The van der Waals surface area contributed by atoms with Gasteiger partial charge in [0.05, 0.1) is 5.56 Å². The number of anilines is 1. The number of carbonyl (C=O) groups is 1. The number of amides is 1. The third-order valence-electron chi connectivity index (χ3n) is 2.50. The molecule has 1 rings (SSSR count). The van der Waals surface area contributed by atoms with E-state index in [1.807, 2.05) is 0 Å². The van der Waals surface area contributed by atoms with Crippen molar-refractivity contribution in [1.29, 1.82) is 0 Å². The summed E-state index contributed by atoms with van der Waals surface area (Å²) >= 11 is 0.